The fraction of sp³-hybridized carbons (Fsp3) is 0.200. The molecular weight excluding hydrogens is 334 g/mol. The summed E-state index contributed by atoms with van der Waals surface area (Å²) in [4.78, 5) is 0. The normalized spacial score (nSPS) is 12.4. The molecule has 0 amide bonds. The summed E-state index contributed by atoms with van der Waals surface area (Å²) in [5.74, 6) is -0.121. The van der Waals surface area contributed by atoms with Crippen molar-refractivity contribution in [3.05, 3.63) is 69.7 Å². The molecule has 2 aromatic carbocycles. The van der Waals surface area contributed by atoms with Crippen molar-refractivity contribution in [1.82, 2.24) is 0 Å². The lowest BCUT2D eigenvalue weighted by molar-refractivity contribution is 0.621. The highest BCUT2D eigenvalue weighted by molar-refractivity contribution is 9.10. The largest absolute Gasteiger partial charge is 0.207 e. The van der Waals surface area contributed by atoms with Gasteiger partial charge in [0, 0.05) is 16.3 Å². The fourth-order valence-corrected chi connectivity index (χ4v) is 2.66. The van der Waals surface area contributed by atoms with E-state index in [1.807, 2.05) is 0 Å². The van der Waals surface area contributed by atoms with E-state index in [1.165, 1.54) is 24.3 Å². The van der Waals surface area contributed by atoms with Crippen LogP contribution in [0.4, 0.5) is 8.78 Å². The molecule has 0 aromatic heterocycles. The first-order valence-electron chi connectivity index (χ1n) is 5.85. The first-order chi connectivity index (χ1) is 9.10. The molecule has 0 radical (unpaired) electrons. The Balaban J connectivity index is 2.23. The number of rotatable bonds is 4. The van der Waals surface area contributed by atoms with E-state index in [4.69, 9.17) is 11.6 Å². The van der Waals surface area contributed by atoms with Crippen molar-refractivity contribution in [2.45, 2.75) is 12.3 Å². The smallest absolute Gasteiger partial charge is 0.123 e. The molecule has 0 heterocycles. The van der Waals surface area contributed by atoms with Crippen molar-refractivity contribution in [3.8, 4) is 0 Å². The Labute approximate surface area is 124 Å². The zero-order chi connectivity index (χ0) is 13.8. The summed E-state index contributed by atoms with van der Waals surface area (Å²) in [5.41, 5.74) is 1.81. The van der Waals surface area contributed by atoms with Gasteiger partial charge in [0.15, 0.2) is 0 Å². The lowest BCUT2D eigenvalue weighted by atomic mass is 9.93. The molecule has 0 saturated heterocycles. The molecule has 2 aromatic rings. The maximum Gasteiger partial charge on any atom is 0.123 e. The third-order valence-corrected chi connectivity index (χ3v) is 4.15. The summed E-state index contributed by atoms with van der Waals surface area (Å²) in [6.07, 6.45) is 0.605. The molecule has 100 valence electrons. The van der Waals surface area contributed by atoms with Crippen LogP contribution >= 0.6 is 27.5 Å². The van der Waals surface area contributed by atoms with Crippen molar-refractivity contribution >= 4 is 27.5 Å². The zero-order valence-electron chi connectivity index (χ0n) is 10.0. The molecule has 2 rings (SSSR count). The van der Waals surface area contributed by atoms with Gasteiger partial charge in [0.05, 0.1) is 0 Å². The molecule has 0 fully saturated rings. The van der Waals surface area contributed by atoms with Gasteiger partial charge in [-0.25, -0.2) is 8.78 Å². The van der Waals surface area contributed by atoms with Crippen LogP contribution in [0.1, 0.15) is 17.0 Å². The van der Waals surface area contributed by atoms with E-state index in [9.17, 15) is 8.78 Å². The number of hydrogen-bond donors (Lipinski definition) is 0. The second-order valence-corrected chi connectivity index (χ2v) is 5.51. The van der Waals surface area contributed by atoms with Crippen LogP contribution in [0.2, 0.25) is 0 Å². The summed E-state index contributed by atoms with van der Waals surface area (Å²) in [6, 6.07) is 10.8. The van der Waals surface area contributed by atoms with Crippen LogP contribution < -0.4 is 0 Å². The Bertz CT molecular complexity index is 555. The zero-order valence-corrected chi connectivity index (χ0v) is 12.4. The molecule has 0 aliphatic carbocycles. The van der Waals surface area contributed by atoms with Crippen LogP contribution in [0.3, 0.4) is 0 Å². The number of alkyl halides is 1. The molecule has 0 aliphatic rings. The molecule has 0 saturated carbocycles. The molecule has 0 nitrogen and oxygen atoms in total. The summed E-state index contributed by atoms with van der Waals surface area (Å²) < 4.78 is 27.0. The van der Waals surface area contributed by atoms with Gasteiger partial charge >= 0.3 is 0 Å². The monoisotopic (exact) mass is 344 g/mol. The summed E-state index contributed by atoms with van der Waals surface area (Å²) in [5, 5.41) is 0. The second kappa shape index (κ2) is 6.49. The first-order valence-corrected chi connectivity index (χ1v) is 7.18. The highest BCUT2D eigenvalue weighted by Crippen LogP contribution is 2.27. The number of hydrogen-bond acceptors (Lipinski definition) is 0. The van der Waals surface area contributed by atoms with Crippen molar-refractivity contribution in [2.24, 2.45) is 0 Å². The molecule has 0 spiro atoms. The predicted octanol–water partition coefficient (Wildman–Crippen LogP) is 5.29. The Hall–Kier alpha value is -0.930. The summed E-state index contributed by atoms with van der Waals surface area (Å²) in [7, 11) is 0. The molecule has 0 N–H and O–H groups in total. The number of halogens is 4. The predicted molar refractivity (Wildman–Crippen MR) is 77.7 cm³/mol. The first kappa shape index (κ1) is 14.5. The van der Waals surface area contributed by atoms with Gasteiger partial charge in [-0.15, -0.1) is 11.6 Å². The van der Waals surface area contributed by atoms with E-state index in [-0.39, 0.29) is 17.6 Å². The van der Waals surface area contributed by atoms with E-state index in [1.54, 1.807) is 18.2 Å². The van der Waals surface area contributed by atoms with Gasteiger partial charge in [0.2, 0.25) is 0 Å². The van der Waals surface area contributed by atoms with Crippen LogP contribution in [0.15, 0.2) is 46.9 Å². The molecule has 0 bridgehead atoms. The van der Waals surface area contributed by atoms with Gasteiger partial charge in [-0.1, -0.05) is 28.1 Å². The van der Waals surface area contributed by atoms with Crippen LogP contribution in [0, 0.1) is 11.6 Å². The Morgan fingerprint density at radius 1 is 1.00 bits per heavy atom. The highest BCUT2D eigenvalue weighted by Gasteiger charge is 2.14. The maximum atomic E-state index is 13.3. The van der Waals surface area contributed by atoms with Gasteiger partial charge in [-0.05, 0) is 47.9 Å². The van der Waals surface area contributed by atoms with E-state index >= 15 is 0 Å². The fourth-order valence-electron chi connectivity index (χ4n) is 1.96. The van der Waals surface area contributed by atoms with Gasteiger partial charge in [0.25, 0.3) is 0 Å². The van der Waals surface area contributed by atoms with Crippen molar-refractivity contribution in [3.63, 3.8) is 0 Å². The molecule has 1 unspecified atom stereocenters. The van der Waals surface area contributed by atoms with E-state index in [2.05, 4.69) is 15.9 Å². The average molecular weight is 346 g/mol. The maximum absolute atomic E-state index is 13.3. The third-order valence-electron chi connectivity index (χ3n) is 3.00. The Morgan fingerprint density at radius 3 is 2.26 bits per heavy atom. The standard InChI is InChI=1S/C15H12BrClF2/c16-15-6-5-14(19)8-11(15)7-12(9-17)10-1-3-13(18)4-2-10/h1-6,8,12H,7,9H2. The van der Waals surface area contributed by atoms with Crippen LogP contribution in [-0.4, -0.2) is 5.88 Å². The van der Waals surface area contributed by atoms with Crippen LogP contribution in [-0.2, 0) is 6.42 Å². The van der Waals surface area contributed by atoms with Crippen LogP contribution in [0.5, 0.6) is 0 Å². The van der Waals surface area contributed by atoms with Gasteiger partial charge in [-0.2, -0.15) is 0 Å². The molecule has 4 heteroatoms. The lowest BCUT2D eigenvalue weighted by Gasteiger charge is -2.15. The van der Waals surface area contributed by atoms with E-state index in [0.717, 1.165) is 15.6 Å². The van der Waals surface area contributed by atoms with Crippen LogP contribution in [0.25, 0.3) is 0 Å². The minimum absolute atomic E-state index is 0.0281. The van der Waals surface area contributed by atoms with E-state index < -0.39 is 0 Å². The van der Waals surface area contributed by atoms with Gasteiger partial charge in [-0.3, -0.25) is 0 Å². The van der Waals surface area contributed by atoms with Crippen molar-refractivity contribution in [1.29, 1.82) is 0 Å². The van der Waals surface area contributed by atoms with Gasteiger partial charge in [0.1, 0.15) is 11.6 Å². The lowest BCUT2D eigenvalue weighted by Crippen LogP contribution is -2.05. The minimum Gasteiger partial charge on any atom is -0.207 e. The van der Waals surface area contributed by atoms with Gasteiger partial charge < -0.3 is 0 Å². The number of benzene rings is 2. The Kier molecular flexibility index (Phi) is 4.94. The molecule has 1 atom stereocenters. The third kappa shape index (κ3) is 3.77. The van der Waals surface area contributed by atoms with Crippen molar-refractivity contribution in [2.75, 3.05) is 5.88 Å². The minimum atomic E-state index is -0.274. The van der Waals surface area contributed by atoms with E-state index in [0.29, 0.717) is 12.3 Å². The SMILES string of the molecule is Fc1ccc(C(CCl)Cc2cc(F)ccc2Br)cc1. The summed E-state index contributed by atoms with van der Waals surface area (Å²) in [6.45, 7) is 0. The van der Waals surface area contributed by atoms with Crippen molar-refractivity contribution < 1.29 is 8.78 Å². The topological polar surface area (TPSA) is 0 Å². The molecule has 0 aliphatic heterocycles. The second-order valence-electron chi connectivity index (χ2n) is 4.34. The average Bonchev–Trinajstić information content (AvgIpc) is 2.41. The Morgan fingerprint density at radius 2 is 1.63 bits per heavy atom. The molecular formula is C15H12BrClF2. The molecule has 19 heavy (non-hydrogen) atoms. The summed E-state index contributed by atoms with van der Waals surface area (Å²) >= 11 is 9.38. The highest BCUT2D eigenvalue weighted by atomic mass is 79.9. The quantitative estimate of drug-likeness (QED) is 0.660.